The second kappa shape index (κ2) is 7.47. The zero-order valence-corrected chi connectivity index (χ0v) is 14.7. The van der Waals surface area contributed by atoms with Crippen molar-refractivity contribution in [3.63, 3.8) is 0 Å². The van der Waals surface area contributed by atoms with Crippen molar-refractivity contribution in [3.05, 3.63) is 95.2 Å². The molecule has 0 saturated carbocycles. The van der Waals surface area contributed by atoms with Gasteiger partial charge in [-0.1, -0.05) is 36.4 Å². The van der Waals surface area contributed by atoms with Crippen LogP contribution in [0.4, 0.5) is 0 Å². The van der Waals surface area contributed by atoms with Gasteiger partial charge in [-0.15, -0.1) is 0 Å². The van der Waals surface area contributed by atoms with Crippen LogP contribution >= 0.6 is 0 Å². The molecule has 0 amide bonds. The van der Waals surface area contributed by atoms with Crippen molar-refractivity contribution in [3.8, 4) is 11.4 Å². The first-order chi connectivity index (χ1) is 13.2. The fourth-order valence-corrected chi connectivity index (χ4v) is 3.02. The molecular formula is C21H20N4O2. The predicted octanol–water partition coefficient (Wildman–Crippen LogP) is 2.95. The highest BCUT2D eigenvalue weighted by Crippen LogP contribution is 2.17. The minimum atomic E-state index is -0.451. The first-order valence-electron chi connectivity index (χ1n) is 8.83. The second-order valence-corrected chi connectivity index (χ2v) is 6.23. The maximum absolute atomic E-state index is 13.0. The molecule has 6 nitrogen and oxygen atoms in total. The average Bonchev–Trinajstić information content (AvgIpc) is 3.18. The van der Waals surface area contributed by atoms with Crippen LogP contribution in [0.15, 0.2) is 83.8 Å². The van der Waals surface area contributed by atoms with Crippen LogP contribution in [-0.2, 0) is 0 Å². The van der Waals surface area contributed by atoms with Crippen molar-refractivity contribution < 1.29 is 4.74 Å². The number of nitrogens with two attached hydrogens (primary N) is 1. The van der Waals surface area contributed by atoms with Crippen molar-refractivity contribution in [2.24, 2.45) is 5.73 Å². The lowest BCUT2D eigenvalue weighted by Crippen LogP contribution is -2.31. The molecule has 0 saturated heterocycles. The summed E-state index contributed by atoms with van der Waals surface area (Å²) >= 11 is 0. The topological polar surface area (TPSA) is 74.6 Å². The molecule has 27 heavy (non-hydrogen) atoms. The Morgan fingerprint density at radius 2 is 1.67 bits per heavy atom. The van der Waals surface area contributed by atoms with Crippen molar-refractivity contribution >= 4 is 5.52 Å². The zero-order valence-electron chi connectivity index (χ0n) is 14.7. The Hall–Kier alpha value is -3.38. The van der Waals surface area contributed by atoms with Crippen LogP contribution < -0.4 is 16.0 Å². The molecule has 0 spiro atoms. The van der Waals surface area contributed by atoms with Crippen LogP contribution in [0.5, 0.6) is 5.75 Å². The summed E-state index contributed by atoms with van der Waals surface area (Å²) in [6, 6.07) is 22.1. The number of hydrogen-bond donors (Lipinski definition) is 1. The molecule has 2 aromatic carbocycles. The van der Waals surface area contributed by atoms with Crippen molar-refractivity contribution in [1.82, 2.24) is 14.2 Å². The number of hydrogen-bond acceptors (Lipinski definition) is 4. The monoisotopic (exact) mass is 360 g/mol. The van der Waals surface area contributed by atoms with E-state index in [-0.39, 0.29) is 5.56 Å². The Balaban J connectivity index is 1.66. The number of ether oxygens (including phenoxy) is 1. The number of nitrogens with zero attached hydrogens (tertiary/aromatic N) is 3. The summed E-state index contributed by atoms with van der Waals surface area (Å²) in [6.45, 7) is 0.430. The van der Waals surface area contributed by atoms with Gasteiger partial charge in [0.2, 0.25) is 0 Å². The van der Waals surface area contributed by atoms with Gasteiger partial charge in [-0.25, -0.2) is 4.52 Å². The van der Waals surface area contributed by atoms with Gasteiger partial charge in [-0.05, 0) is 36.4 Å². The number of benzene rings is 2. The lowest BCUT2D eigenvalue weighted by atomic mass is 10.2. The van der Waals surface area contributed by atoms with Crippen LogP contribution in [0, 0.1) is 0 Å². The molecule has 0 bridgehead atoms. The third-order valence-electron chi connectivity index (χ3n) is 4.38. The van der Waals surface area contributed by atoms with Crippen molar-refractivity contribution in [2.45, 2.75) is 12.5 Å². The largest absolute Gasteiger partial charge is 0.494 e. The van der Waals surface area contributed by atoms with Crippen LogP contribution in [0.1, 0.15) is 18.3 Å². The van der Waals surface area contributed by atoms with Crippen LogP contribution in [0.3, 0.4) is 0 Å². The molecule has 2 N–H and O–H groups in total. The Morgan fingerprint density at radius 3 is 2.41 bits per heavy atom. The summed E-state index contributed by atoms with van der Waals surface area (Å²) in [5, 5.41) is 4.60. The van der Waals surface area contributed by atoms with Gasteiger partial charge in [0.1, 0.15) is 11.3 Å². The molecule has 4 rings (SSSR count). The van der Waals surface area contributed by atoms with Gasteiger partial charge in [-0.2, -0.15) is 5.10 Å². The SMILES string of the molecule is NC(CCOc1ccccc1)c1nn2cccc2c(=O)n1-c1ccccc1. The summed E-state index contributed by atoms with van der Waals surface area (Å²) in [5.74, 6) is 1.30. The van der Waals surface area contributed by atoms with Crippen LogP contribution in [-0.4, -0.2) is 20.8 Å². The lowest BCUT2D eigenvalue weighted by Gasteiger charge is -2.18. The van der Waals surface area contributed by atoms with Crippen molar-refractivity contribution in [1.29, 1.82) is 0 Å². The number of aromatic nitrogens is 3. The summed E-state index contributed by atoms with van der Waals surface area (Å²) < 4.78 is 8.91. The predicted molar refractivity (Wildman–Crippen MR) is 104 cm³/mol. The fourth-order valence-electron chi connectivity index (χ4n) is 3.02. The molecule has 0 radical (unpaired) electrons. The molecule has 1 atom stereocenters. The standard InChI is InChI=1S/C21H20N4O2/c22-18(13-15-27-17-10-5-2-6-11-17)20-23-24-14-7-12-19(24)21(26)25(20)16-8-3-1-4-9-16/h1-12,14,18H,13,15,22H2. The van der Waals surface area contributed by atoms with E-state index in [0.29, 0.717) is 24.4 Å². The van der Waals surface area contributed by atoms with E-state index in [1.54, 1.807) is 27.4 Å². The van der Waals surface area contributed by atoms with E-state index in [0.717, 1.165) is 11.4 Å². The number of para-hydroxylation sites is 2. The number of rotatable bonds is 6. The van der Waals surface area contributed by atoms with E-state index in [1.165, 1.54) is 0 Å². The maximum Gasteiger partial charge on any atom is 0.282 e. The first-order valence-corrected chi connectivity index (χ1v) is 8.83. The van der Waals surface area contributed by atoms with E-state index in [1.807, 2.05) is 60.7 Å². The second-order valence-electron chi connectivity index (χ2n) is 6.23. The van der Waals surface area contributed by atoms with E-state index < -0.39 is 6.04 Å². The Morgan fingerprint density at radius 1 is 0.963 bits per heavy atom. The normalized spacial score (nSPS) is 12.2. The molecule has 6 heteroatoms. The molecule has 4 aromatic rings. The van der Waals surface area contributed by atoms with E-state index >= 15 is 0 Å². The van der Waals surface area contributed by atoms with Gasteiger partial charge < -0.3 is 10.5 Å². The van der Waals surface area contributed by atoms with Crippen LogP contribution in [0.25, 0.3) is 11.2 Å². The van der Waals surface area contributed by atoms with Gasteiger partial charge in [0.25, 0.3) is 5.56 Å². The molecule has 2 aromatic heterocycles. The van der Waals surface area contributed by atoms with Gasteiger partial charge in [-0.3, -0.25) is 9.36 Å². The van der Waals surface area contributed by atoms with E-state index in [4.69, 9.17) is 10.5 Å². The Bertz CT molecular complexity index is 1090. The van der Waals surface area contributed by atoms with Gasteiger partial charge in [0, 0.05) is 12.6 Å². The molecular weight excluding hydrogens is 340 g/mol. The molecule has 2 heterocycles. The zero-order chi connectivity index (χ0) is 18.6. The minimum absolute atomic E-state index is 0.143. The van der Waals surface area contributed by atoms with E-state index in [9.17, 15) is 4.79 Å². The molecule has 0 aliphatic rings. The fraction of sp³-hybridized carbons (Fsp3) is 0.143. The van der Waals surface area contributed by atoms with E-state index in [2.05, 4.69) is 5.10 Å². The summed E-state index contributed by atoms with van der Waals surface area (Å²) in [5.41, 5.74) is 7.52. The average molecular weight is 360 g/mol. The summed E-state index contributed by atoms with van der Waals surface area (Å²) in [6.07, 6.45) is 2.28. The quantitative estimate of drug-likeness (QED) is 0.574. The highest BCUT2D eigenvalue weighted by atomic mass is 16.5. The first kappa shape index (κ1) is 17.1. The lowest BCUT2D eigenvalue weighted by molar-refractivity contribution is 0.295. The van der Waals surface area contributed by atoms with Crippen LogP contribution in [0.2, 0.25) is 0 Å². The van der Waals surface area contributed by atoms with Gasteiger partial charge in [0.15, 0.2) is 5.82 Å². The third kappa shape index (κ3) is 3.47. The van der Waals surface area contributed by atoms with Crippen molar-refractivity contribution in [2.75, 3.05) is 6.61 Å². The molecule has 1 unspecified atom stereocenters. The van der Waals surface area contributed by atoms with Gasteiger partial charge in [0.05, 0.1) is 18.3 Å². The summed E-state index contributed by atoms with van der Waals surface area (Å²) in [7, 11) is 0. The highest BCUT2D eigenvalue weighted by molar-refractivity contribution is 5.47. The molecule has 0 aliphatic carbocycles. The minimum Gasteiger partial charge on any atom is -0.494 e. The molecule has 136 valence electrons. The smallest absolute Gasteiger partial charge is 0.282 e. The Kier molecular flexibility index (Phi) is 4.72. The molecule has 0 fully saturated rings. The summed E-state index contributed by atoms with van der Waals surface area (Å²) in [4.78, 5) is 13.0. The maximum atomic E-state index is 13.0. The number of fused-ring (bicyclic) bond motifs is 1. The Labute approximate surface area is 156 Å². The van der Waals surface area contributed by atoms with Gasteiger partial charge >= 0.3 is 0 Å². The highest BCUT2D eigenvalue weighted by Gasteiger charge is 2.18. The third-order valence-corrected chi connectivity index (χ3v) is 4.38. The molecule has 0 aliphatic heterocycles.